The van der Waals surface area contributed by atoms with Crippen LogP contribution in [-0.2, 0) is 11.2 Å². The molecule has 120 valence electrons. The molecule has 6 heteroatoms. The Hall–Kier alpha value is -1.75. The maximum Gasteiger partial charge on any atom is 0.317 e. The number of urea groups is 1. The summed E-state index contributed by atoms with van der Waals surface area (Å²) in [7, 11) is 0. The largest absolute Gasteiger partial charge is 0.339 e. The molecule has 1 N–H and O–H groups in total. The summed E-state index contributed by atoms with van der Waals surface area (Å²) in [6.45, 7) is 4.93. The second kappa shape index (κ2) is 8.03. The number of carbonyl (C=O) groups excluding carboxylic acids is 2. The van der Waals surface area contributed by atoms with Crippen molar-refractivity contribution in [3.63, 3.8) is 0 Å². The number of amides is 3. The van der Waals surface area contributed by atoms with Gasteiger partial charge in [0, 0.05) is 44.2 Å². The maximum atomic E-state index is 12.2. The molecule has 22 heavy (non-hydrogen) atoms. The smallest absolute Gasteiger partial charge is 0.317 e. The summed E-state index contributed by atoms with van der Waals surface area (Å²) in [4.78, 5) is 27.5. The van der Waals surface area contributed by atoms with Crippen molar-refractivity contribution < 1.29 is 9.59 Å². The zero-order valence-corrected chi connectivity index (χ0v) is 13.6. The highest BCUT2D eigenvalue weighted by molar-refractivity contribution is 6.30. The minimum Gasteiger partial charge on any atom is -0.339 e. The van der Waals surface area contributed by atoms with E-state index in [0.29, 0.717) is 50.6 Å². The van der Waals surface area contributed by atoms with E-state index in [2.05, 4.69) is 5.32 Å². The lowest BCUT2D eigenvalue weighted by molar-refractivity contribution is -0.132. The molecule has 1 heterocycles. The number of halogens is 1. The van der Waals surface area contributed by atoms with Gasteiger partial charge in [0.1, 0.15) is 0 Å². The third kappa shape index (κ3) is 4.63. The summed E-state index contributed by atoms with van der Waals surface area (Å²) >= 11 is 5.85. The molecule has 0 aromatic heterocycles. The van der Waals surface area contributed by atoms with Gasteiger partial charge >= 0.3 is 6.03 Å². The Balaban J connectivity index is 1.75. The molecule has 3 amide bonds. The molecule has 1 aliphatic rings. The van der Waals surface area contributed by atoms with E-state index in [9.17, 15) is 9.59 Å². The Morgan fingerprint density at radius 1 is 1.09 bits per heavy atom. The standard InChI is InChI=1S/C16H22ClN3O2/c1-2-18-16(22)20-11-9-19(10-12-20)15(21)8-5-13-3-6-14(17)7-4-13/h3-4,6-7H,2,5,8-12H2,1H3,(H,18,22). The fourth-order valence-corrected chi connectivity index (χ4v) is 2.61. The van der Waals surface area contributed by atoms with Crippen molar-refractivity contribution in [1.82, 2.24) is 15.1 Å². The van der Waals surface area contributed by atoms with Gasteiger partial charge in [-0.2, -0.15) is 0 Å². The highest BCUT2D eigenvalue weighted by Gasteiger charge is 2.23. The molecule has 2 rings (SSSR count). The zero-order chi connectivity index (χ0) is 15.9. The number of nitrogens with one attached hydrogen (secondary N) is 1. The third-order valence-electron chi connectivity index (χ3n) is 3.79. The van der Waals surface area contributed by atoms with E-state index in [4.69, 9.17) is 11.6 Å². The third-order valence-corrected chi connectivity index (χ3v) is 4.04. The lowest BCUT2D eigenvalue weighted by atomic mass is 10.1. The highest BCUT2D eigenvalue weighted by atomic mass is 35.5. The predicted molar refractivity (Wildman–Crippen MR) is 87.0 cm³/mol. The SMILES string of the molecule is CCNC(=O)N1CCN(C(=O)CCc2ccc(Cl)cc2)CC1. The predicted octanol–water partition coefficient (Wildman–Crippen LogP) is 2.15. The van der Waals surface area contributed by atoms with E-state index < -0.39 is 0 Å². The summed E-state index contributed by atoms with van der Waals surface area (Å²) in [6, 6.07) is 7.53. The van der Waals surface area contributed by atoms with Crippen molar-refractivity contribution in [2.24, 2.45) is 0 Å². The number of piperazine rings is 1. The van der Waals surface area contributed by atoms with E-state index in [0.717, 1.165) is 5.56 Å². The molecule has 1 fully saturated rings. The number of hydrogen-bond acceptors (Lipinski definition) is 2. The van der Waals surface area contributed by atoms with E-state index in [1.807, 2.05) is 36.1 Å². The Morgan fingerprint density at radius 3 is 2.27 bits per heavy atom. The molecule has 0 aliphatic carbocycles. The Labute approximate surface area is 136 Å². The minimum atomic E-state index is -0.0456. The van der Waals surface area contributed by atoms with Crippen LogP contribution in [0.1, 0.15) is 18.9 Å². The van der Waals surface area contributed by atoms with E-state index >= 15 is 0 Å². The Kier molecular flexibility index (Phi) is 6.07. The molecule has 1 aromatic carbocycles. The van der Waals surface area contributed by atoms with Crippen molar-refractivity contribution in [1.29, 1.82) is 0 Å². The molecular weight excluding hydrogens is 302 g/mol. The van der Waals surface area contributed by atoms with Gasteiger partial charge < -0.3 is 15.1 Å². The molecule has 0 saturated carbocycles. The normalized spacial score (nSPS) is 14.8. The van der Waals surface area contributed by atoms with Gasteiger partial charge in [-0.15, -0.1) is 0 Å². The first-order chi connectivity index (χ1) is 10.6. The first-order valence-corrected chi connectivity index (χ1v) is 8.03. The van der Waals surface area contributed by atoms with Crippen molar-refractivity contribution >= 4 is 23.5 Å². The van der Waals surface area contributed by atoms with Gasteiger partial charge in [0.2, 0.25) is 5.91 Å². The van der Waals surface area contributed by atoms with Crippen molar-refractivity contribution in [3.8, 4) is 0 Å². The lowest BCUT2D eigenvalue weighted by Gasteiger charge is -2.34. The van der Waals surface area contributed by atoms with Crippen molar-refractivity contribution in [3.05, 3.63) is 34.9 Å². The number of benzene rings is 1. The molecule has 0 bridgehead atoms. The monoisotopic (exact) mass is 323 g/mol. The van der Waals surface area contributed by atoms with Gasteiger partial charge in [-0.05, 0) is 31.0 Å². The Bertz CT molecular complexity index is 511. The molecular formula is C16H22ClN3O2. The van der Waals surface area contributed by atoms with Gasteiger partial charge in [-0.1, -0.05) is 23.7 Å². The summed E-state index contributed by atoms with van der Waals surface area (Å²) < 4.78 is 0. The molecule has 1 saturated heterocycles. The van der Waals surface area contributed by atoms with Crippen LogP contribution in [0.5, 0.6) is 0 Å². The number of nitrogens with zero attached hydrogens (tertiary/aromatic N) is 2. The molecule has 0 spiro atoms. The quantitative estimate of drug-likeness (QED) is 0.923. The van der Waals surface area contributed by atoms with Crippen LogP contribution in [0.3, 0.4) is 0 Å². The fourth-order valence-electron chi connectivity index (χ4n) is 2.48. The van der Waals surface area contributed by atoms with Crippen LogP contribution in [0.15, 0.2) is 24.3 Å². The first-order valence-electron chi connectivity index (χ1n) is 7.65. The van der Waals surface area contributed by atoms with E-state index in [1.54, 1.807) is 4.90 Å². The number of carbonyl (C=O) groups is 2. The van der Waals surface area contributed by atoms with Crippen molar-refractivity contribution in [2.45, 2.75) is 19.8 Å². The first kappa shape index (κ1) is 16.6. The maximum absolute atomic E-state index is 12.2. The van der Waals surface area contributed by atoms with E-state index in [-0.39, 0.29) is 11.9 Å². The molecule has 0 radical (unpaired) electrons. The molecule has 1 aliphatic heterocycles. The van der Waals surface area contributed by atoms with E-state index in [1.165, 1.54) is 0 Å². The van der Waals surface area contributed by atoms with Crippen LogP contribution >= 0.6 is 11.6 Å². The van der Waals surface area contributed by atoms with Crippen LogP contribution in [-0.4, -0.2) is 54.5 Å². The summed E-state index contributed by atoms with van der Waals surface area (Å²) in [6.07, 6.45) is 1.20. The van der Waals surface area contributed by atoms with Crippen LogP contribution in [0.25, 0.3) is 0 Å². The van der Waals surface area contributed by atoms with Gasteiger partial charge in [0.15, 0.2) is 0 Å². The molecule has 1 aromatic rings. The van der Waals surface area contributed by atoms with Gasteiger partial charge in [-0.3, -0.25) is 4.79 Å². The summed E-state index contributed by atoms with van der Waals surface area (Å²) in [5.41, 5.74) is 1.11. The van der Waals surface area contributed by atoms with Gasteiger partial charge in [-0.25, -0.2) is 4.79 Å². The summed E-state index contributed by atoms with van der Waals surface area (Å²) in [5.74, 6) is 0.144. The average Bonchev–Trinajstić information content (AvgIpc) is 2.54. The molecule has 0 atom stereocenters. The summed E-state index contributed by atoms with van der Waals surface area (Å²) in [5, 5.41) is 3.49. The van der Waals surface area contributed by atoms with Crippen LogP contribution in [0.2, 0.25) is 5.02 Å². The molecule has 0 unspecified atom stereocenters. The second-order valence-corrected chi connectivity index (χ2v) is 5.77. The van der Waals surface area contributed by atoms with Crippen LogP contribution in [0.4, 0.5) is 4.79 Å². The van der Waals surface area contributed by atoms with Crippen LogP contribution < -0.4 is 5.32 Å². The second-order valence-electron chi connectivity index (χ2n) is 5.33. The molecule has 5 nitrogen and oxygen atoms in total. The topological polar surface area (TPSA) is 52.7 Å². The fraction of sp³-hybridized carbons (Fsp3) is 0.500. The van der Waals surface area contributed by atoms with Crippen LogP contribution in [0, 0.1) is 0 Å². The highest BCUT2D eigenvalue weighted by Crippen LogP contribution is 2.12. The zero-order valence-electron chi connectivity index (χ0n) is 12.8. The number of rotatable bonds is 4. The lowest BCUT2D eigenvalue weighted by Crippen LogP contribution is -2.53. The number of hydrogen-bond donors (Lipinski definition) is 1. The number of aryl methyl sites for hydroxylation is 1. The van der Waals surface area contributed by atoms with Crippen molar-refractivity contribution in [2.75, 3.05) is 32.7 Å². The van der Waals surface area contributed by atoms with Gasteiger partial charge in [0.25, 0.3) is 0 Å². The minimum absolute atomic E-state index is 0.0456. The average molecular weight is 324 g/mol. The van der Waals surface area contributed by atoms with Gasteiger partial charge in [0.05, 0.1) is 0 Å². The Morgan fingerprint density at radius 2 is 1.68 bits per heavy atom.